The number of halogens is 2. The molecule has 3 aliphatic rings. The molecule has 6 atom stereocenters. The molecule has 0 unspecified atom stereocenters. The van der Waals surface area contributed by atoms with E-state index in [1.807, 2.05) is 6.07 Å². The van der Waals surface area contributed by atoms with Crippen LogP contribution in [0.15, 0.2) is 17.7 Å². The Hall–Kier alpha value is -2.62. The van der Waals surface area contributed by atoms with Crippen molar-refractivity contribution in [3.05, 3.63) is 34.9 Å². The molecule has 1 aromatic carbocycles. The zero-order valence-corrected chi connectivity index (χ0v) is 19.9. The minimum atomic E-state index is -1.39. The molecule has 0 radical (unpaired) electrons. The molecule has 4 rings (SSSR count). The Bertz CT molecular complexity index is 1030. The number of hydrogen-bond acceptors (Lipinski definition) is 8. The van der Waals surface area contributed by atoms with Crippen LogP contribution in [0.2, 0.25) is 0 Å². The second kappa shape index (κ2) is 11.6. The number of hydrogen-bond donors (Lipinski definition) is 3. The van der Waals surface area contributed by atoms with Gasteiger partial charge in [-0.2, -0.15) is 5.26 Å². The number of aliphatic hydroxyl groups excluding tert-OH is 2. The van der Waals surface area contributed by atoms with E-state index < -0.39 is 54.1 Å². The summed E-state index contributed by atoms with van der Waals surface area (Å²) in [7, 11) is 0. The quantitative estimate of drug-likeness (QED) is 0.322. The van der Waals surface area contributed by atoms with Gasteiger partial charge >= 0.3 is 0 Å². The highest BCUT2D eigenvalue weighted by molar-refractivity contribution is 5.97. The summed E-state index contributed by atoms with van der Waals surface area (Å²) in [5.74, 6) is -2.13. The minimum Gasteiger partial charge on any atom is -0.490 e. The summed E-state index contributed by atoms with van der Waals surface area (Å²) in [5, 5.41) is 32.4. The number of aliphatic hydroxyl groups is 2. The van der Waals surface area contributed by atoms with Crippen LogP contribution >= 0.6 is 0 Å². The molecule has 0 aromatic heterocycles. The lowest BCUT2D eigenvalue weighted by molar-refractivity contribution is -0.170. The maximum Gasteiger partial charge on any atom is 0.247 e. The summed E-state index contributed by atoms with van der Waals surface area (Å²) in [6, 6.07) is 2.73. The molecular formula is C25H30F2N2O7. The van der Waals surface area contributed by atoms with Gasteiger partial charge in [-0.15, -0.1) is 0 Å². The van der Waals surface area contributed by atoms with E-state index in [0.29, 0.717) is 18.9 Å². The average Bonchev–Trinajstić information content (AvgIpc) is 3.55. The molecule has 1 saturated heterocycles. The largest absolute Gasteiger partial charge is 0.490 e. The zero-order valence-electron chi connectivity index (χ0n) is 19.9. The lowest BCUT2D eigenvalue weighted by Gasteiger charge is -2.43. The number of nitrogens with one attached hydrogen (secondary N) is 1. The Kier molecular flexibility index (Phi) is 8.54. The van der Waals surface area contributed by atoms with Gasteiger partial charge in [-0.1, -0.05) is 0 Å². The molecule has 1 amide bonds. The van der Waals surface area contributed by atoms with Crippen LogP contribution in [0.5, 0.6) is 5.75 Å². The van der Waals surface area contributed by atoms with Crippen molar-refractivity contribution in [2.75, 3.05) is 20.0 Å². The third-order valence-electron chi connectivity index (χ3n) is 6.57. The summed E-state index contributed by atoms with van der Waals surface area (Å²) >= 11 is 0. The number of nitrogens with zero attached hydrogens (tertiary/aromatic N) is 1. The Balaban J connectivity index is 1.46. The van der Waals surface area contributed by atoms with Crippen molar-refractivity contribution in [1.29, 1.82) is 5.26 Å². The Morgan fingerprint density at radius 1 is 1.22 bits per heavy atom. The van der Waals surface area contributed by atoms with E-state index in [0.717, 1.165) is 25.0 Å². The van der Waals surface area contributed by atoms with Crippen LogP contribution in [-0.4, -0.2) is 72.7 Å². The first-order valence-corrected chi connectivity index (χ1v) is 12.0. The number of carbonyl (C=O) groups is 1. The van der Waals surface area contributed by atoms with Crippen molar-refractivity contribution >= 4 is 12.0 Å². The van der Waals surface area contributed by atoms with Crippen molar-refractivity contribution in [3.63, 3.8) is 0 Å². The van der Waals surface area contributed by atoms with Gasteiger partial charge in [0.25, 0.3) is 0 Å². The molecule has 2 saturated carbocycles. The molecule has 0 bridgehead atoms. The molecular weight excluding hydrogens is 478 g/mol. The third-order valence-corrected chi connectivity index (χ3v) is 6.57. The van der Waals surface area contributed by atoms with Crippen LogP contribution in [0.1, 0.15) is 38.2 Å². The van der Waals surface area contributed by atoms with Crippen molar-refractivity contribution in [3.8, 4) is 11.8 Å². The standard InChI is InChI=1S/C25H30F2N2O7/c1-13(8-15-9-17(27)18(10-16(15)26)33-7-3-2-6-28)25(32)29-19-20(30)21(31)23-24(36-12-35-23)22(19)34-11-14-4-5-14/h8-10,14,19-24,30-31H,2-5,7,11-12H2,1H3,(H,29,32)/b13-8+/t19-,20+,21-,22-,23-,24+/m1/s1. The molecule has 11 heteroatoms. The zero-order chi connectivity index (χ0) is 25.8. The molecule has 3 N–H and O–H groups in total. The van der Waals surface area contributed by atoms with E-state index in [4.69, 9.17) is 24.2 Å². The van der Waals surface area contributed by atoms with E-state index in [-0.39, 0.29) is 36.7 Å². The van der Waals surface area contributed by atoms with E-state index in [2.05, 4.69) is 5.32 Å². The number of nitriles is 1. The second-order valence-corrected chi connectivity index (χ2v) is 9.34. The molecule has 36 heavy (non-hydrogen) atoms. The number of amides is 1. The Morgan fingerprint density at radius 2 is 1.97 bits per heavy atom. The third kappa shape index (κ3) is 6.02. The SMILES string of the molecule is C/C(=C\c1cc(F)c(OCCCC#N)cc1F)C(=O)N[C@@H]1[C@H](O)[C@@H](O)[C@H]2OCO[C@H]2[C@@H]1OCC1CC1. The lowest BCUT2D eigenvalue weighted by Crippen LogP contribution is -2.68. The fourth-order valence-electron chi connectivity index (χ4n) is 4.33. The van der Waals surface area contributed by atoms with Crippen molar-refractivity contribution in [1.82, 2.24) is 5.32 Å². The Morgan fingerprint density at radius 3 is 2.69 bits per heavy atom. The molecule has 196 valence electrons. The summed E-state index contributed by atoms with van der Waals surface area (Å²) in [4.78, 5) is 13.0. The highest BCUT2D eigenvalue weighted by Gasteiger charge is 2.55. The number of benzene rings is 1. The van der Waals surface area contributed by atoms with Gasteiger partial charge in [0.1, 0.15) is 43.1 Å². The van der Waals surface area contributed by atoms with Gasteiger partial charge in [-0.3, -0.25) is 4.79 Å². The molecule has 3 fully saturated rings. The van der Waals surface area contributed by atoms with Gasteiger partial charge in [-0.25, -0.2) is 8.78 Å². The summed E-state index contributed by atoms with van der Waals surface area (Å²) in [6.07, 6.45) is -1.06. The topological polar surface area (TPSA) is 130 Å². The second-order valence-electron chi connectivity index (χ2n) is 9.34. The van der Waals surface area contributed by atoms with Gasteiger partial charge in [0.15, 0.2) is 11.6 Å². The van der Waals surface area contributed by atoms with Gasteiger partial charge in [0.05, 0.1) is 25.3 Å². The summed E-state index contributed by atoms with van der Waals surface area (Å²) in [5.41, 5.74) is -0.118. The van der Waals surface area contributed by atoms with Gasteiger partial charge in [-0.05, 0) is 44.2 Å². The smallest absolute Gasteiger partial charge is 0.247 e. The lowest BCUT2D eigenvalue weighted by atomic mass is 9.82. The molecule has 1 aliphatic heterocycles. The van der Waals surface area contributed by atoms with E-state index >= 15 is 0 Å². The van der Waals surface area contributed by atoms with Crippen LogP contribution in [0.25, 0.3) is 6.08 Å². The molecule has 9 nitrogen and oxygen atoms in total. The van der Waals surface area contributed by atoms with Crippen LogP contribution in [0, 0.1) is 28.9 Å². The van der Waals surface area contributed by atoms with Crippen molar-refractivity contribution in [2.45, 2.75) is 69.2 Å². The minimum absolute atomic E-state index is 0.0457. The highest BCUT2D eigenvalue weighted by Crippen LogP contribution is 2.35. The number of rotatable bonds is 10. The number of unbranched alkanes of at least 4 members (excludes halogenated alkanes) is 1. The van der Waals surface area contributed by atoms with Crippen LogP contribution in [0.3, 0.4) is 0 Å². The predicted molar refractivity (Wildman–Crippen MR) is 121 cm³/mol. The highest BCUT2D eigenvalue weighted by atomic mass is 19.1. The first-order chi connectivity index (χ1) is 17.3. The van der Waals surface area contributed by atoms with E-state index in [1.165, 1.54) is 13.0 Å². The molecule has 1 aromatic rings. The summed E-state index contributed by atoms with van der Waals surface area (Å²) in [6.45, 7) is 1.85. The van der Waals surface area contributed by atoms with Gasteiger partial charge < -0.3 is 34.5 Å². The first kappa shape index (κ1) is 26.4. The first-order valence-electron chi connectivity index (χ1n) is 12.0. The van der Waals surface area contributed by atoms with Crippen LogP contribution < -0.4 is 10.1 Å². The monoisotopic (exact) mass is 508 g/mol. The molecule has 2 aliphatic carbocycles. The Labute approximate surface area is 207 Å². The van der Waals surface area contributed by atoms with Crippen molar-refractivity contribution in [2.24, 2.45) is 5.92 Å². The summed E-state index contributed by atoms with van der Waals surface area (Å²) < 4.78 is 51.2. The number of carbonyl (C=O) groups excluding carboxylic acids is 1. The molecule has 1 heterocycles. The molecule has 0 spiro atoms. The fourth-order valence-corrected chi connectivity index (χ4v) is 4.33. The van der Waals surface area contributed by atoms with Crippen LogP contribution in [0.4, 0.5) is 8.78 Å². The predicted octanol–water partition coefficient (Wildman–Crippen LogP) is 1.81. The number of ether oxygens (including phenoxy) is 4. The van der Waals surface area contributed by atoms with Gasteiger partial charge in [0, 0.05) is 23.6 Å². The van der Waals surface area contributed by atoms with Crippen molar-refractivity contribution < 1.29 is 42.7 Å². The fraction of sp³-hybridized carbons (Fsp3) is 0.600. The maximum atomic E-state index is 14.6. The van der Waals surface area contributed by atoms with Gasteiger partial charge in [0.2, 0.25) is 5.91 Å². The van der Waals surface area contributed by atoms with Crippen LogP contribution in [-0.2, 0) is 19.0 Å². The normalized spacial score (nSPS) is 29.9. The number of fused-ring (bicyclic) bond motifs is 1. The van der Waals surface area contributed by atoms with E-state index in [1.54, 1.807) is 0 Å². The maximum absolute atomic E-state index is 14.6. The van der Waals surface area contributed by atoms with E-state index in [9.17, 15) is 23.8 Å². The average molecular weight is 509 g/mol.